The van der Waals surface area contributed by atoms with Crippen LogP contribution in [-0.4, -0.2) is 19.1 Å². The zero-order chi connectivity index (χ0) is 22.2. The highest BCUT2D eigenvalue weighted by atomic mass is 35.5. The first-order valence-electron chi connectivity index (χ1n) is 10.2. The SMILES string of the molecule is CCOc1cc(CNc2cccc(C)c2)ccc1OCC(=O)Nc1ccc(C)c(Cl)c1. The van der Waals surface area contributed by atoms with Crippen molar-refractivity contribution in [3.63, 3.8) is 0 Å². The Kier molecular flexibility index (Phi) is 7.79. The van der Waals surface area contributed by atoms with Gasteiger partial charge < -0.3 is 20.1 Å². The molecule has 0 atom stereocenters. The van der Waals surface area contributed by atoms with E-state index in [1.807, 2.05) is 50.2 Å². The van der Waals surface area contributed by atoms with Crippen LogP contribution in [0.2, 0.25) is 5.02 Å². The minimum absolute atomic E-state index is 0.132. The zero-order valence-electron chi connectivity index (χ0n) is 18.0. The fourth-order valence-electron chi connectivity index (χ4n) is 3.02. The number of anilines is 2. The molecule has 3 aromatic carbocycles. The average Bonchev–Trinajstić information content (AvgIpc) is 2.74. The van der Waals surface area contributed by atoms with Crippen LogP contribution in [-0.2, 0) is 11.3 Å². The molecule has 2 N–H and O–H groups in total. The molecule has 0 heterocycles. The molecule has 162 valence electrons. The Balaban J connectivity index is 1.60. The average molecular weight is 439 g/mol. The summed E-state index contributed by atoms with van der Waals surface area (Å²) in [5.41, 5.74) is 4.90. The number of amides is 1. The van der Waals surface area contributed by atoms with E-state index in [4.69, 9.17) is 21.1 Å². The van der Waals surface area contributed by atoms with E-state index in [0.717, 1.165) is 16.8 Å². The van der Waals surface area contributed by atoms with Gasteiger partial charge in [0.2, 0.25) is 0 Å². The summed E-state index contributed by atoms with van der Waals surface area (Å²) in [6.07, 6.45) is 0. The molecule has 6 heteroatoms. The third kappa shape index (κ3) is 6.66. The predicted molar refractivity (Wildman–Crippen MR) is 126 cm³/mol. The van der Waals surface area contributed by atoms with Crippen molar-refractivity contribution in [2.45, 2.75) is 27.3 Å². The van der Waals surface area contributed by atoms with Crippen molar-refractivity contribution in [2.75, 3.05) is 23.8 Å². The van der Waals surface area contributed by atoms with Crippen LogP contribution in [0.4, 0.5) is 11.4 Å². The second-order valence-electron chi connectivity index (χ2n) is 7.24. The lowest BCUT2D eigenvalue weighted by Gasteiger charge is -2.14. The van der Waals surface area contributed by atoms with Gasteiger partial charge in [0.15, 0.2) is 18.1 Å². The first-order chi connectivity index (χ1) is 14.9. The highest BCUT2D eigenvalue weighted by Crippen LogP contribution is 2.29. The van der Waals surface area contributed by atoms with Gasteiger partial charge in [-0.15, -0.1) is 0 Å². The van der Waals surface area contributed by atoms with E-state index in [2.05, 4.69) is 29.7 Å². The number of halogens is 1. The molecule has 0 unspecified atom stereocenters. The molecule has 1 amide bonds. The van der Waals surface area contributed by atoms with E-state index in [1.165, 1.54) is 5.56 Å². The van der Waals surface area contributed by atoms with Gasteiger partial charge >= 0.3 is 0 Å². The highest BCUT2D eigenvalue weighted by molar-refractivity contribution is 6.31. The molecule has 5 nitrogen and oxygen atoms in total. The second kappa shape index (κ2) is 10.7. The van der Waals surface area contributed by atoms with Crippen LogP contribution in [0, 0.1) is 13.8 Å². The number of carbonyl (C=O) groups excluding carboxylic acids is 1. The van der Waals surface area contributed by atoms with Crippen molar-refractivity contribution >= 4 is 28.9 Å². The lowest BCUT2D eigenvalue weighted by molar-refractivity contribution is -0.118. The van der Waals surface area contributed by atoms with Crippen molar-refractivity contribution in [3.8, 4) is 11.5 Å². The summed E-state index contributed by atoms with van der Waals surface area (Å²) in [5, 5.41) is 6.80. The van der Waals surface area contributed by atoms with Gasteiger partial charge in [0, 0.05) is 22.9 Å². The van der Waals surface area contributed by atoms with Crippen LogP contribution in [0.3, 0.4) is 0 Å². The van der Waals surface area contributed by atoms with Crippen molar-refractivity contribution in [1.29, 1.82) is 0 Å². The van der Waals surface area contributed by atoms with Crippen LogP contribution in [0.15, 0.2) is 60.7 Å². The fraction of sp³-hybridized carbons (Fsp3) is 0.240. The summed E-state index contributed by atoms with van der Waals surface area (Å²) in [4.78, 5) is 12.3. The van der Waals surface area contributed by atoms with Gasteiger partial charge in [0.25, 0.3) is 5.91 Å². The number of hydrogen-bond donors (Lipinski definition) is 2. The summed E-state index contributed by atoms with van der Waals surface area (Å²) in [7, 11) is 0. The maximum atomic E-state index is 12.3. The third-order valence-corrected chi connectivity index (χ3v) is 5.04. The number of rotatable bonds is 9. The van der Waals surface area contributed by atoms with Crippen LogP contribution in [0.1, 0.15) is 23.6 Å². The van der Waals surface area contributed by atoms with Gasteiger partial charge in [-0.3, -0.25) is 4.79 Å². The predicted octanol–water partition coefficient (Wildman–Crippen LogP) is 5.99. The first kappa shape index (κ1) is 22.5. The van der Waals surface area contributed by atoms with Crippen molar-refractivity contribution < 1.29 is 14.3 Å². The van der Waals surface area contributed by atoms with Crippen molar-refractivity contribution in [1.82, 2.24) is 0 Å². The van der Waals surface area contributed by atoms with Crippen LogP contribution in [0.5, 0.6) is 11.5 Å². The Morgan fingerprint density at radius 1 is 0.935 bits per heavy atom. The number of nitrogens with one attached hydrogen (secondary N) is 2. The maximum absolute atomic E-state index is 12.3. The van der Waals surface area contributed by atoms with Gasteiger partial charge in [0.1, 0.15) is 0 Å². The Hall–Kier alpha value is -3.18. The third-order valence-electron chi connectivity index (χ3n) is 4.64. The van der Waals surface area contributed by atoms with Crippen molar-refractivity contribution in [2.24, 2.45) is 0 Å². The molecule has 3 aromatic rings. The van der Waals surface area contributed by atoms with Gasteiger partial charge in [-0.05, 0) is 73.9 Å². The minimum atomic E-state index is -0.271. The molecule has 0 aliphatic heterocycles. The normalized spacial score (nSPS) is 10.5. The lowest BCUT2D eigenvalue weighted by atomic mass is 10.2. The molecule has 31 heavy (non-hydrogen) atoms. The van der Waals surface area contributed by atoms with Crippen LogP contribution < -0.4 is 20.1 Å². The van der Waals surface area contributed by atoms with Gasteiger partial charge in [-0.25, -0.2) is 0 Å². The number of aryl methyl sites for hydroxylation is 2. The standard InChI is InChI=1S/C25H27ClN2O3/c1-4-30-24-13-19(15-27-20-7-5-6-17(2)12-20)9-11-23(24)31-16-25(29)28-21-10-8-18(3)22(26)14-21/h5-14,27H,4,15-16H2,1-3H3,(H,28,29). The molecule has 0 saturated heterocycles. The Morgan fingerprint density at radius 2 is 1.77 bits per heavy atom. The summed E-state index contributed by atoms with van der Waals surface area (Å²) >= 11 is 6.11. The number of carbonyl (C=O) groups is 1. The van der Waals surface area contributed by atoms with E-state index in [1.54, 1.807) is 12.1 Å². The molecule has 0 bridgehead atoms. The number of hydrogen-bond acceptors (Lipinski definition) is 4. The van der Waals surface area contributed by atoms with E-state index >= 15 is 0 Å². The molecule has 0 spiro atoms. The molecular formula is C25H27ClN2O3. The van der Waals surface area contributed by atoms with Crippen molar-refractivity contribution in [3.05, 3.63) is 82.4 Å². The zero-order valence-corrected chi connectivity index (χ0v) is 18.8. The Bertz CT molecular complexity index is 1050. The van der Waals surface area contributed by atoms with Gasteiger partial charge in [-0.2, -0.15) is 0 Å². The summed E-state index contributed by atoms with van der Waals surface area (Å²) < 4.78 is 11.4. The molecule has 0 aliphatic rings. The van der Waals surface area contributed by atoms with Gasteiger partial charge in [-0.1, -0.05) is 35.9 Å². The monoisotopic (exact) mass is 438 g/mol. The lowest BCUT2D eigenvalue weighted by Crippen LogP contribution is -2.20. The highest BCUT2D eigenvalue weighted by Gasteiger charge is 2.10. The molecule has 0 fully saturated rings. The number of benzene rings is 3. The second-order valence-corrected chi connectivity index (χ2v) is 7.65. The quantitative estimate of drug-likeness (QED) is 0.431. The molecule has 0 saturated carbocycles. The first-order valence-corrected chi connectivity index (χ1v) is 10.6. The maximum Gasteiger partial charge on any atom is 0.262 e. The van der Waals surface area contributed by atoms with E-state index in [-0.39, 0.29) is 12.5 Å². The molecule has 3 rings (SSSR count). The number of ether oxygens (including phenoxy) is 2. The Morgan fingerprint density at radius 3 is 2.52 bits per heavy atom. The summed E-state index contributed by atoms with van der Waals surface area (Å²) in [5.74, 6) is 0.864. The molecule has 0 aromatic heterocycles. The van der Waals surface area contributed by atoms with Crippen LogP contribution in [0.25, 0.3) is 0 Å². The molecule has 0 aliphatic carbocycles. The van der Waals surface area contributed by atoms with Gasteiger partial charge in [0.05, 0.1) is 6.61 Å². The van der Waals surface area contributed by atoms with E-state index < -0.39 is 0 Å². The topological polar surface area (TPSA) is 59.6 Å². The summed E-state index contributed by atoms with van der Waals surface area (Å²) in [6, 6.07) is 19.3. The van der Waals surface area contributed by atoms with E-state index in [0.29, 0.717) is 35.4 Å². The Labute approximate surface area is 188 Å². The largest absolute Gasteiger partial charge is 0.490 e. The van der Waals surface area contributed by atoms with E-state index in [9.17, 15) is 4.79 Å². The minimum Gasteiger partial charge on any atom is -0.490 e. The summed E-state index contributed by atoms with van der Waals surface area (Å²) in [6.45, 7) is 6.90. The van der Waals surface area contributed by atoms with Crippen LogP contribution >= 0.6 is 11.6 Å². The molecular weight excluding hydrogens is 412 g/mol. The fourth-order valence-corrected chi connectivity index (χ4v) is 3.20. The molecule has 0 radical (unpaired) electrons. The smallest absolute Gasteiger partial charge is 0.262 e.